The van der Waals surface area contributed by atoms with Crippen molar-refractivity contribution in [3.63, 3.8) is 0 Å². The molecule has 2 N–H and O–H groups in total. The summed E-state index contributed by atoms with van der Waals surface area (Å²) < 4.78 is 7.32. The van der Waals surface area contributed by atoms with Gasteiger partial charge in [-0.3, -0.25) is 9.36 Å². The van der Waals surface area contributed by atoms with E-state index in [2.05, 4.69) is 15.5 Å². The summed E-state index contributed by atoms with van der Waals surface area (Å²) in [5.41, 5.74) is 0.786. The fraction of sp³-hybridized carbons (Fsp3) is 0.526. The van der Waals surface area contributed by atoms with E-state index >= 15 is 0 Å². The highest BCUT2D eigenvalue weighted by Gasteiger charge is 2.55. The van der Waals surface area contributed by atoms with E-state index in [1.54, 1.807) is 6.33 Å². The maximum atomic E-state index is 12.4. The quantitative estimate of drug-likeness (QED) is 0.842. The fourth-order valence-corrected chi connectivity index (χ4v) is 4.13. The molecular formula is C19H24N4O3. The van der Waals surface area contributed by atoms with Gasteiger partial charge in [-0.05, 0) is 31.4 Å². The van der Waals surface area contributed by atoms with Crippen molar-refractivity contribution in [2.45, 2.75) is 44.2 Å². The molecule has 1 aliphatic heterocycles. The number of aliphatic hydroxyl groups excluding tert-OH is 1. The second-order valence-corrected chi connectivity index (χ2v) is 7.17. The molecule has 1 spiro atoms. The maximum Gasteiger partial charge on any atom is 0.220 e. The maximum absolute atomic E-state index is 12.4. The average Bonchev–Trinajstić information content (AvgIpc) is 3.16. The topological polar surface area (TPSA) is 89.3 Å². The summed E-state index contributed by atoms with van der Waals surface area (Å²) in [6.07, 6.45) is 4.45. The molecule has 2 atom stereocenters. The number of carbonyl (C=O) groups excluding carboxylic acids is 1. The highest BCUT2D eigenvalue weighted by atomic mass is 16.5. The summed E-state index contributed by atoms with van der Waals surface area (Å²) in [5.74, 6) is 0.760. The van der Waals surface area contributed by atoms with Crippen molar-refractivity contribution in [3.05, 3.63) is 42.5 Å². The van der Waals surface area contributed by atoms with Gasteiger partial charge in [-0.2, -0.15) is 0 Å². The molecule has 1 aromatic carbocycles. The van der Waals surface area contributed by atoms with Crippen LogP contribution in [0.15, 0.2) is 36.7 Å². The Morgan fingerprint density at radius 3 is 2.81 bits per heavy atom. The molecule has 2 aliphatic rings. The third-order valence-electron chi connectivity index (χ3n) is 5.80. The molecule has 1 aromatic heterocycles. The molecule has 7 heteroatoms. The van der Waals surface area contributed by atoms with Crippen LogP contribution in [0.4, 0.5) is 0 Å². The first-order valence-corrected chi connectivity index (χ1v) is 9.18. The molecule has 1 amide bonds. The molecule has 26 heavy (non-hydrogen) atoms. The number of ether oxygens (including phenoxy) is 1. The van der Waals surface area contributed by atoms with Gasteiger partial charge in [0.2, 0.25) is 5.91 Å². The summed E-state index contributed by atoms with van der Waals surface area (Å²) in [6, 6.07) is 9.89. The third-order valence-corrected chi connectivity index (χ3v) is 5.80. The van der Waals surface area contributed by atoms with Crippen LogP contribution in [0.25, 0.3) is 5.69 Å². The molecule has 7 nitrogen and oxygen atoms in total. The van der Waals surface area contributed by atoms with Crippen molar-refractivity contribution < 1.29 is 14.6 Å². The van der Waals surface area contributed by atoms with Gasteiger partial charge in [-0.1, -0.05) is 18.2 Å². The van der Waals surface area contributed by atoms with Crippen molar-refractivity contribution in [2.75, 3.05) is 13.2 Å². The van der Waals surface area contributed by atoms with Crippen molar-refractivity contribution in [3.8, 4) is 5.69 Å². The number of amides is 1. The number of aromatic nitrogens is 3. The van der Waals surface area contributed by atoms with E-state index in [0.717, 1.165) is 24.4 Å². The minimum absolute atomic E-state index is 0.00428. The largest absolute Gasteiger partial charge is 0.392 e. The second-order valence-electron chi connectivity index (χ2n) is 7.17. The van der Waals surface area contributed by atoms with Crippen LogP contribution in [0.2, 0.25) is 0 Å². The fourth-order valence-electron chi connectivity index (χ4n) is 4.13. The van der Waals surface area contributed by atoms with E-state index in [0.29, 0.717) is 32.5 Å². The Hall–Kier alpha value is -2.25. The van der Waals surface area contributed by atoms with Crippen molar-refractivity contribution >= 4 is 5.91 Å². The normalized spacial score (nSPS) is 24.2. The van der Waals surface area contributed by atoms with Crippen LogP contribution in [0.1, 0.15) is 31.5 Å². The second kappa shape index (κ2) is 7.17. The van der Waals surface area contributed by atoms with Crippen LogP contribution in [0.3, 0.4) is 0 Å². The predicted octanol–water partition coefficient (Wildman–Crippen LogP) is 1.25. The molecule has 2 fully saturated rings. The number of aryl methyl sites for hydroxylation is 1. The Morgan fingerprint density at radius 2 is 2.08 bits per heavy atom. The lowest BCUT2D eigenvalue weighted by atomic mass is 9.58. The number of carbonyl (C=O) groups is 1. The number of hydrogen-bond acceptors (Lipinski definition) is 5. The summed E-state index contributed by atoms with van der Waals surface area (Å²) in [6.45, 7) is 1.31. The van der Waals surface area contributed by atoms with Crippen LogP contribution in [0, 0.1) is 5.41 Å². The predicted molar refractivity (Wildman–Crippen MR) is 94.7 cm³/mol. The number of hydrogen-bond donors (Lipinski definition) is 2. The van der Waals surface area contributed by atoms with Gasteiger partial charge in [0.25, 0.3) is 0 Å². The summed E-state index contributed by atoms with van der Waals surface area (Å²) in [7, 11) is 0. The first kappa shape index (κ1) is 17.2. The van der Waals surface area contributed by atoms with Crippen LogP contribution in [-0.4, -0.2) is 51.1 Å². The molecule has 138 valence electrons. The summed E-state index contributed by atoms with van der Waals surface area (Å²) >= 11 is 0. The molecule has 1 saturated carbocycles. The van der Waals surface area contributed by atoms with Gasteiger partial charge in [0.1, 0.15) is 12.2 Å². The van der Waals surface area contributed by atoms with E-state index in [9.17, 15) is 9.90 Å². The zero-order valence-electron chi connectivity index (χ0n) is 14.7. The van der Waals surface area contributed by atoms with Gasteiger partial charge in [-0.25, -0.2) is 0 Å². The van der Waals surface area contributed by atoms with Crippen molar-refractivity contribution in [1.29, 1.82) is 0 Å². The van der Waals surface area contributed by atoms with Gasteiger partial charge in [-0.15, -0.1) is 10.2 Å². The average molecular weight is 356 g/mol. The smallest absolute Gasteiger partial charge is 0.220 e. The Balaban J connectivity index is 1.35. The molecular weight excluding hydrogens is 332 g/mol. The number of nitrogens with zero attached hydrogens (tertiary/aromatic N) is 3. The van der Waals surface area contributed by atoms with E-state index < -0.39 is 0 Å². The van der Waals surface area contributed by atoms with E-state index in [1.165, 1.54) is 0 Å². The zero-order chi connectivity index (χ0) is 18.0. The Morgan fingerprint density at radius 1 is 1.31 bits per heavy atom. The molecule has 1 aliphatic carbocycles. The number of nitrogens with one attached hydrogen (secondary N) is 1. The van der Waals surface area contributed by atoms with Gasteiger partial charge in [0.05, 0.1) is 6.10 Å². The lowest BCUT2D eigenvalue weighted by Gasteiger charge is -2.55. The van der Waals surface area contributed by atoms with Gasteiger partial charge in [0.15, 0.2) is 0 Å². The number of rotatable bonds is 5. The van der Waals surface area contributed by atoms with E-state index in [-0.39, 0.29) is 23.5 Å². The van der Waals surface area contributed by atoms with Crippen LogP contribution in [-0.2, 0) is 16.0 Å². The molecule has 1 saturated heterocycles. The number of benzene rings is 1. The molecule has 0 bridgehead atoms. The van der Waals surface area contributed by atoms with Crippen molar-refractivity contribution in [2.24, 2.45) is 5.41 Å². The SMILES string of the molecule is O=C(CCc1nncn1-c1ccccc1)N[C@@H]1C[C@@H](O)C12CCOCC2. The highest BCUT2D eigenvalue weighted by Crippen LogP contribution is 2.48. The van der Waals surface area contributed by atoms with E-state index in [4.69, 9.17) is 4.74 Å². The van der Waals surface area contributed by atoms with Crippen LogP contribution >= 0.6 is 0 Å². The molecule has 0 unspecified atom stereocenters. The summed E-state index contributed by atoms with van der Waals surface area (Å²) in [4.78, 5) is 12.4. The van der Waals surface area contributed by atoms with Gasteiger partial charge in [0, 0.05) is 43.2 Å². The highest BCUT2D eigenvalue weighted by molar-refractivity contribution is 5.76. The Bertz CT molecular complexity index is 755. The first-order valence-electron chi connectivity index (χ1n) is 9.18. The molecule has 4 rings (SSSR count). The van der Waals surface area contributed by atoms with Gasteiger partial charge >= 0.3 is 0 Å². The molecule has 2 aromatic rings. The Labute approximate surface area is 152 Å². The van der Waals surface area contributed by atoms with Crippen LogP contribution < -0.4 is 5.32 Å². The molecule has 2 heterocycles. The Kier molecular flexibility index (Phi) is 4.74. The van der Waals surface area contributed by atoms with Crippen LogP contribution in [0.5, 0.6) is 0 Å². The van der Waals surface area contributed by atoms with Crippen molar-refractivity contribution in [1.82, 2.24) is 20.1 Å². The monoisotopic (exact) mass is 356 g/mol. The zero-order valence-corrected chi connectivity index (χ0v) is 14.7. The lowest BCUT2D eigenvalue weighted by Crippen LogP contribution is -2.65. The standard InChI is InChI=1S/C19H24N4O3/c24-16-12-15(19(16)8-10-26-11-9-19)21-18(25)7-6-17-22-20-13-23(17)14-4-2-1-3-5-14/h1-5,13,15-16,24H,6-12H2,(H,21,25)/t15-,16-/m1/s1. The van der Waals surface area contributed by atoms with E-state index in [1.807, 2.05) is 34.9 Å². The minimum atomic E-state index is -0.335. The minimum Gasteiger partial charge on any atom is -0.392 e. The third kappa shape index (κ3) is 3.12. The number of para-hydroxylation sites is 1. The molecule has 0 radical (unpaired) electrons. The van der Waals surface area contributed by atoms with Gasteiger partial charge < -0.3 is 15.2 Å². The lowest BCUT2D eigenvalue weighted by molar-refractivity contribution is -0.156. The summed E-state index contributed by atoms with van der Waals surface area (Å²) in [5, 5.41) is 21.5. The number of aliphatic hydroxyl groups is 1. The first-order chi connectivity index (χ1) is 12.7.